The molecule has 2 amide bonds. The van der Waals surface area contributed by atoms with Gasteiger partial charge in [0.2, 0.25) is 11.8 Å². The summed E-state index contributed by atoms with van der Waals surface area (Å²) >= 11 is 0. The van der Waals surface area contributed by atoms with E-state index in [1.54, 1.807) is 18.9 Å². The first-order chi connectivity index (χ1) is 8.90. The normalized spacial score (nSPS) is 24.4. The molecule has 2 atom stereocenters. The molecule has 1 saturated heterocycles. The van der Waals surface area contributed by atoms with E-state index in [0.29, 0.717) is 12.6 Å². The van der Waals surface area contributed by atoms with Gasteiger partial charge in [0, 0.05) is 32.6 Å². The van der Waals surface area contributed by atoms with Gasteiger partial charge < -0.3 is 14.9 Å². The molecule has 0 aromatic heterocycles. The summed E-state index contributed by atoms with van der Waals surface area (Å²) < 4.78 is 0. The van der Waals surface area contributed by atoms with Crippen LogP contribution in [0.5, 0.6) is 0 Å². The summed E-state index contributed by atoms with van der Waals surface area (Å²) in [4.78, 5) is 38.0. The summed E-state index contributed by atoms with van der Waals surface area (Å²) in [6.07, 6.45) is 2.35. The molecule has 6 nitrogen and oxygen atoms in total. The molecule has 1 heterocycles. The van der Waals surface area contributed by atoms with Crippen LogP contribution in [0.3, 0.4) is 0 Å². The number of likely N-dealkylation sites (tertiary alicyclic amines) is 1. The van der Waals surface area contributed by atoms with E-state index in [9.17, 15) is 14.4 Å². The summed E-state index contributed by atoms with van der Waals surface area (Å²) in [6.45, 7) is 2.25. The van der Waals surface area contributed by atoms with Gasteiger partial charge in [-0.15, -0.1) is 0 Å². The third-order valence-electron chi connectivity index (χ3n) is 3.84. The van der Waals surface area contributed by atoms with Crippen LogP contribution in [0.4, 0.5) is 0 Å². The zero-order valence-electron chi connectivity index (χ0n) is 11.3. The molecule has 0 bridgehead atoms. The highest BCUT2D eigenvalue weighted by Crippen LogP contribution is 2.33. The minimum atomic E-state index is -0.915. The van der Waals surface area contributed by atoms with Gasteiger partial charge in [0.05, 0.1) is 11.8 Å². The Hall–Kier alpha value is -1.59. The molecule has 19 heavy (non-hydrogen) atoms. The number of hydrogen-bond acceptors (Lipinski definition) is 3. The second kappa shape index (κ2) is 5.19. The minimum Gasteiger partial charge on any atom is -0.481 e. The van der Waals surface area contributed by atoms with Crippen molar-refractivity contribution in [2.24, 2.45) is 11.8 Å². The number of carboxylic acid groups (broad SMARTS) is 1. The molecule has 1 aliphatic carbocycles. The smallest absolute Gasteiger partial charge is 0.308 e. The van der Waals surface area contributed by atoms with Gasteiger partial charge in [0.15, 0.2) is 0 Å². The van der Waals surface area contributed by atoms with Gasteiger partial charge in [-0.1, -0.05) is 6.92 Å². The van der Waals surface area contributed by atoms with Crippen LogP contribution in [-0.4, -0.2) is 58.9 Å². The fourth-order valence-corrected chi connectivity index (χ4v) is 2.53. The lowest BCUT2D eigenvalue weighted by atomic mass is 10.1. The summed E-state index contributed by atoms with van der Waals surface area (Å²) in [5.74, 6) is -1.88. The van der Waals surface area contributed by atoms with Crippen LogP contribution in [0.2, 0.25) is 0 Å². The molecule has 106 valence electrons. The van der Waals surface area contributed by atoms with Crippen molar-refractivity contribution in [3.8, 4) is 0 Å². The number of carboxylic acids is 1. The van der Waals surface area contributed by atoms with Gasteiger partial charge in [0.1, 0.15) is 0 Å². The van der Waals surface area contributed by atoms with Gasteiger partial charge in [-0.3, -0.25) is 14.4 Å². The summed E-state index contributed by atoms with van der Waals surface area (Å²) in [5.41, 5.74) is 0. The Bertz CT molecular complexity index is 405. The van der Waals surface area contributed by atoms with E-state index >= 15 is 0 Å². The van der Waals surface area contributed by atoms with Crippen molar-refractivity contribution in [3.63, 3.8) is 0 Å². The molecule has 6 heteroatoms. The number of hydrogen-bond donors (Lipinski definition) is 1. The molecule has 0 spiro atoms. The third-order valence-corrected chi connectivity index (χ3v) is 3.84. The average molecular weight is 268 g/mol. The zero-order valence-corrected chi connectivity index (χ0v) is 11.3. The Balaban J connectivity index is 1.89. The molecular weight excluding hydrogens is 248 g/mol. The van der Waals surface area contributed by atoms with Crippen molar-refractivity contribution < 1.29 is 19.5 Å². The first-order valence-corrected chi connectivity index (χ1v) is 6.67. The Morgan fingerprint density at radius 1 is 1.47 bits per heavy atom. The average Bonchev–Trinajstić information content (AvgIpc) is 3.11. The second-order valence-electron chi connectivity index (χ2n) is 5.64. The van der Waals surface area contributed by atoms with Crippen LogP contribution in [0.1, 0.15) is 26.2 Å². The molecule has 0 radical (unpaired) electrons. The summed E-state index contributed by atoms with van der Waals surface area (Å²) in [5, 5.41) is 8.84. The molecule has 1 saturated carbocycles. The van der Waals surface area contributed by atoms with E-state index in [2.05, 4.69) is 0 Å². The van der Waals surface area contributed by atoms with Crippen molar-refractivity contribution in [2.45, 2.75) is 32.2 Å². The predicted molar refractivity (Wildman–Crippen MR) is 67.3 cm³/mol. The lowest BCUT2D eigenvalue weighted by molar-refractivity contribution is -0.143. The standard InChI is InChI=1S/C13H20N2O4/c1-8(13(18)19)6-14(2)12(17)9-5-11(16)15(7-9)10-3-4-10/h8-10H,3-7H2,1-2H3,(H,18,19). The molecule has 2 unspecified atom stereocenters. The summed E-state index contributed by atoms with van der Waals surface area (Å²) in [6, 6.07) is 0.341. The van der Waals surface area contributed by atoms with Crippen LogP contribution < -0.4 is 0 Å². The fourth-order valence-electron chi connectivity index (χ4n) is 2.53. The van der Waals surface area contributed by atoms with Gasteiger partial charge >= 0.3 is 5.97 Å². The van der Waals surface area contributed by atoms with Crippen LogP contribution in [0.25, 0.3) is 0 Å². The first-order valence-electron chi connectivity index (χ1n) is 6.67. The van der Waals surface area contributed by atoms with E-state index < -0.39 is 11.9 Å². The lowest BCUT2D eigenvalue weighted by Crippen LogP contribution is -2.38. The number of rotatable bonds is 5. The van der Waals surface area contributed by atoms with Crippen molar-refractivity contribution >= 4 is 17.8 Å². The van der Waals surface area contributed by atoms with Crippen LogP contribution in [0, 0.1) is 11.8 Å². The number of carbonyl (C=O) groups excluding carboxylic acids is 2. The molecule has 1 aliphatic heterocycles. The first kappa shape index (κ1) is 13.8. The molecule has 0 aromatic carbocycles. The van der Waals surface area contributed by atoms with E-state index in [4.69, 9.17) is 5.11 Å². The Kier molecular flexibility index (Phi) is 3.78. The van der Waals surface area contributed by atoms with Gasteiger partial charge in [-0.05, 0) is 12.8 Å². The molecule has 1 N–H and O–H groups in total. The number of carbonyl (C=O) groups is 3. The molecule has 2 fully saturated rings. The van der Waals surface area contributed by atoms with Crippen LogP contribution in [0.15, 0.2) is 0 Å². The van der Waals surface area contributed by atoms with Gasteiger partial charge in [-0.2, -0.15) is 0 Å². The van der Waals surface area contributed by atoms with Crippen LogP contribution in [-0.2, 0) is 14.4 Å². The molecule has 2 aliphatic rings. The largest absolute Gasteiger partial charge is 0.481 e. The maximum absolute atomic E-state index is 12.2. The highest BCUT2D eigenvalue weighted by molar-refractivity contribution is 5.89. The number of nitrogens with zero attached hydrogens (tertiary/aromatic N) is 2. The highest BCUT2D eigenvalue weighted by Gasteiger charge is 2.42. The fraction of sp³-hybridized carbons (Fsp3) is 0.769. The Morgan fingerprint density at radius 2 is 2.11 bits per heavy atom. The van der Waals surface area contributed by atoms with E-state index in [-0.39, 0.29) is 30.7 Å². The second-order valence-corrected chi connectivity index (χ2v) is 5.64. The van der Waals surface area contributed by atoms with Crippen molar-refractivity contribution in [1.82, 2.24) is 9.80 Å². The predicted octanol–water partition coefficient (Wildman–Crippen LogP) is 0.176. The number of aliphatic carboxylic acids is 1. The van der Waals surface area contributed by atoms with Crippen molar-refractivity contribution in [3.05, 3.63) is 0 Å². The van der Waals surface area contributed by atoms with Gasteiger partial charge in [0.25, 0.3) is 0 Å². The molecular formula is C13H20N2O4. The minimum absolute atomic E-state index is 0.0560. The summed E-state index contributed by atoms with van der Waals surface area (Å²) in [7, 11) is 1.60. The monoisotopic (exact) mass is 268 g/mol. The maximum Gasteiger partial charge on any atom is 0.308 e. The third kappa shape index (κ3) is 3.05. The van der Waals surface area contributed by atoms with Crippen molar-refractivity contribution in [2.75, 3.05) is 20.1 Å². The van der Waals surface area contributed by atoms with E-state index in [0.717, 1.165) is 12.8 Å². The molecule has 0 aromatic rings. The number of amides is 2. The maximum atomic E-state index is 12.2. The lowest BCUT2D eigenvalue weighted by Gasteiger charge is -2.23. The van der Waals surface area contributed by atoms with Crippen LogP contribution >= 0.6 is 0 Å². The van der Waals surface area contributed by atoms with Gasteiger partial charge in [-0.25, -0.2) is 0 Å². The Morgan fingerprint density at radius 3 is 2.63 bits per heavy atom. The van der Waals surface area contributed by atoms with E-state index in [1.807, 2.05) is 0 Å². The zero-order chi connectivity index (χ0) is 14.2. The topological polar surface area (TPSA) is 77.9 Å². The quantitative estimate of drug-likeness (QED) is 0.771. The SMILES string of the molecule is CC(CN(C)C(=O)C1CC(=O)N(C2CC2)C1)C(=O)O. The molecule has 2 rings (SSSR count). The van der Waals surface area contributed by atoms with E-state index in [1.165, 1.54) is 4.90 Å². The Labute approximate surface area is 112 Å². The van der Waals surface area contributed by atoms with Crippen molar-refractivity contribution in [1.29, 1.82) is 0 Å². The highest BCUT2D eigenvalue weighted by atomic mass is 16.4.